The minimum absolute atomic E-state index is 0.0169. The van der Waals surface area contributed by atoms with E-state index in [1.807, 2.05) is 30.3 Å². The number of benzene rings is 4. The highest BCUT2D eigenvalue weighted by Crippen LogP contribution is 2.43. The molecule has 2 heterocycles. The van der Waals surface area contributed by atoms with Gasteiger partial charge in [-0.25, -0.2) is 0 Å². The molecule has 0 fully saturated rings. The Morgan fingerprint density at radius 1 is 0.927 bits per heavy atom. The van der Waals surface area contributed by atoms with Crippen LogP contribution in [0.1, 0.15) is 22.2 Å². The van der Waals surface area contributed by atoms with Crippen molar-refractivity contribution in [2.75, 3.05) is 17.3 Å². The molecular weight excluding hydrogens is 544 g/mol. The van der Waals surface area contributed by atoms with Crippen molar-refractivity contribution in [3.63, 3.8) is 0 Å². The normalized spacial score (nSPS) is 15.0. The molecule has 0 saturated heterocycles. The third kappa shape index (κ3) is 4.74. The Morgan fingerprint density at radius 2 is 1.61 bits per heavy atom. The minimum atomic E-state index is -0.998. The fourth-order valence-electron chi connectivity index (χ4n) is 4.95. The molecule has 5 aromatic rings. The van der Waals surface area contributed by atoms with E-state index in [0.29, 0.717) is 33.0 Å². The highest BCUT2D eigenvalue weighted by atomic mass is 35.5. The van der Waals surface area contributed by atoms with Gasteiger partial charge in [0.15, 0.2) is 22.9 Å². The van der Waals surface area contributed by atoms with Gasteiger partial charge in [0.1, 0.15) is 5.75 Å². The molecule has 1 atom stereocenters. The summed E-state index contributed by atoms with van der Waals surface area (Å²) < 4.78 is 11.2. The maximum Gasteiger partial charge on any atom is 0.294 e. The van der Waals surface area contributed by atoms with Gasteiger partial charge < -0.3 is 24.7 Å². The number of hydrogen-bond acceptors (Lipinski definition) is 7. The number of hydrogen-bond donors (Lipinski definition) is 3. The van der Waals surface area contributed by atoms with Crippen LogP contribution in [0.2, 0.25) is 5.02 Å². The Bertz CT molecular complexity index is 1810. The number of aliphatic hydroxyl groups excluding tert-OH is 1. The summed E-state index contributed by atoms with van der Waals surface area (Å²) in [5.74, 6) is -1.84. The van der Waals surface area contributed by atoms with Crippen molar-refractivity contribution in [3.05, 3.63) is 125 Å². The third-order valence-corrected chi connectivity index (χ3v) is 7.08. The first-order chi connectivity index (χ1) is 19.8. The van der Waals surface area contributed by atoms with Gasteiger partial charge in [0.25, 0.3) is 5.91 Å². The molecule has 0 bridgehead atoms. The first kappa shape index (κ1) is 26.0. The van der Waals surface area contributed by atoms with Gasteiger partial charge in [-0.2, -0.15) is 0 Å². The number of para-hydroxylation sites is 1. The number of nitrogens with zero attached hydrogens (tertiary/aromatic N) is 1. The Hall–Kier alpha value is -5.21. The largest absolute Gasteiger partial charge is 0.508 e. The molecule has 0 spiro atoms. The van der Waals surface area contributed by atoms with Crippen LogP contribution in [0.15, 0.2) is 113 Å². The van der Waals surface area contributed by atoms with E-state index < -0.39 is 23.5 Å². The first-order valence-electron chi connectivity index (χ1n) is 12.6. The smallest absolute Gasteiger partial charge is 0.294 e. The van der Waals surface area contributed by atoms with Crippen molar-refractivity contribution in [3.8, 4) is 11.5 Å². The van der Waals surface area contributed by atoms with Crippen molar-refractivity contribution < 1.29 is 29.0 Å². The van der Waals surface area contributed by atoms with Crippen molar-refractivity contribution in [2.24, 2.45) is 0 Å². The molecule has 41 heavy (non-hydrogen) atoms. The summed E-state index contributed by atoms with van der Waals surface area (Å²) in [4.78, 5) is 28.8. The average molecular weight is 567 g/mol. The summed E-state index contributed by atoms with van der Waals surface area (Å²) in [6, 6.07) is 26.5. The highest BCUT2D eigenvalue weighted by Gasteiger charge is 2.45. The van der Waals surface area contributed by atoms with E-state index in [1.54, 1.807) is 48.5 Å². The highest BCUT2D eigenvalue weighted by molar-refractivity contribution is 6.31. The molecule has 9 heteroatoms. The fourth-order valence-corrected chi connectivity index (χ4v) is 5.17. The zero-order chi connectivity index (χ0) is 28.7. The van der Waals surface area contributed by atoms with Crippen molar-refractivity contribution in [2.45, 2.75) is 6.04 Å². The van der Waals surface area contributed by atoms with E-state index in [9.17, 15) is 19.8 Å². The summed E-state index contributed by atoms with van der Waals surface area (Å²) in [6.45, 7) is 0. The molecule has 0 aliphatic carbocycles. The molecule has 3 N–H and O–H groups in total. The minimum Gasteiger partial charge on any atom is -0.508 e. The second kappa shape index (κ2) is 10.4. The molecule has 0 radical (unpaired) electrons. The maximum atomic E-state index is 13.9. The number of rotatable bonds is 7. The zero-order valence-corrected chi connectivity index (χ0v) is 22.4. The van der Waals surface area contributed by atoms with E-state index in [-0.39, 0.29) is 17.1 Å². The Balaban J connectivity index is 1.41. The van der Waals surface area contributed by atoms with Gasteiger partial charge in [0, 0.05) is 33.5 Å². The number of furan rings is 1. The standard InChI is InChI=1S/C32H23ClN2O6/c1-40-26-17-20(33)15-19-16-25(41-31(19)26)29(37)27-28(18-7-13-24(36)14-8-18)35(32(39)30(27)38)23-11-9-22(10-12-23)34-21-5-3-2-4-6-21/h2-17,28,34,36,38H,1H3. The van der Waals surface area contributed by atoms with Gasteiger partial charge in [-0.05, 0) is 66.2 Å². The van der Waals surface area contributed by atoms with E-state index in [4.69, 9.17) is 20.8 Å². The van der Waals surface area contributed by atoms with E-state index in [0.717, 1.165) is 11.4 Å². The number of anilines is 3. The summed E-state index contributed by atoms with van der Waals surface area (Å²) in [6.07, 6.45) is 0. The van der Waals surface area contributed by atoms with Crippen LogP contribution in [0.25, 0.3) is 11.0 Å². The van der Waals surface area contributed by atoms with Gasteiger partial charge in [-0.3, -0.25) is 14.5 Å². The number of amides is 1. The Kier molecular flexibility index (Phi) is 6.61. The number of carbonyl (C=O) groups is 2. The number of halogens is 1. The summed E-state index contributed by atoms with van der Waals surface area (Å²) in [5, 5.41) is 25.2. The molecule has 6 rings (SSSR count). The van der Waals surface area contributed by atoms with E-state index in [2.05, 4.69) is 5.32 Å². The van der Waals surface area contributed by atoms with Crippen LogP contribution in [0.3, 0.4) is 0 Å². The quantitative estimate of drug-likeness (QED) is 0.177. The second-order valence-corrected chi connectivity index (χ2v) is 9.87. The fraction of sp³-hybridized carbons (Fsp3) is 0.0625. The maximum absolute atomic E-state index is 13.9. The van der Waals surface area contributed by atoms with Gasteiger partial charge in [-0.1, -0.05) is 41.9 Å². The molecular formula is C32H23ClN2O6. The number of phenolic OH excluding ortho intramolecular Hbond substituents is 1. The number of methoxy groups -OCH3 is 1. The Morgan fingerprint density at radius 3 is 2.29 bits per heavy atom. The van der Waals surface area contributed by atoms with Crippen LogP contribution < -0.4 is 15.0 Å². The van der Waals surface area contributed by atoms with Crippen LogP contribution in [0.4, 0.5) is 17.1 Å². The number of ketones is 1. The van der Waals surface area contributed by atoms with Crippen molar-refractivity contribution in [1.29, 1.82) is 0 Å². The van der Waals surface area contributed by atoms with Crippen molar-refractivity contribution in [1.82, 2.24) is 0 Å². The van der Waals surface area contributed by atoms with E-state index in [1.165, 1.54) is 30.2 Å². The van der Waals surface area contributed by atoms with Gasteiger partial charge >= 0.3 is 0 Å². The summed E-state index contributed by atoms with van der Waals surface area (Å²) in [7, 11) is 1.46. The zero-order valence-electron chi connectivity index (χ0n) is 21.7. The molecule has 0 saturated carbocycles. The second-order valence-electron chi connectivity index (χ2n) is 9.44. The predicted octanol–water partition coefficient (Wildman–Crippen LogP) is 7.33. The van der Waals surface area contributed by atoms with Gasteiger partial charge in [0.05, 0.1) is 18.7 Å². The number of phenols is 1. The van der Waals surface area contributed by atoms with Crippen LogP contribution in [-0.4, -0.2) is 29.0 Å². The average Bonchev–Trinajstić information content (AvgIpc) is 3.52. The molecule has 1 aliphatic heterocycles. The molecule has 204 valence electrons. The number of nitrogens with one attached hydrogen (secondary N) is 1. The molecule has 1 amide bonds. The lowest BCUT2D eigenvalue weighted by Crippen LogP contribution is -2.31. The van der Waals surface area contributed by atoms with Crippen LogP contribution in [-0.2, 0) is 4.79 Å². The first-order valence-corrected chi connectivity index (χ1v) is 13.0. The molecule has 1 unspecified atom stereocenters. The number of fused-ring (bicyclic) bond motifs is 1. The predicted molar refractivity (Wildman–Crippen MR) is 156 cm³/mol. The lowest BCUT2D eigenvalue weighted by Gasteiger charge is -2.27. The van der Waals surface area contributed by atoms with Gasteiger partial charge in [0.2, 0.25) is 5.78 Å². The Labute approximate surface area is 239 Å². The van der Waals surface area contributed by atoms with Crippen LogP contribution >= 0.6 is 11.6 Å². The third-order valence-electron chi connectivity index (χ3n) is 6.86. The molecule has 1 aromatic heterocycles. The number of aliphatic hydroxyl groups is 1. The molecule has 4 aromatic carbocycles. The van der Waals surface area contributed by atoms with Gasteiger partial charge in [-0.15, -0.1) is 0 Å². The lowest BCUT2D eigenvalue weighted by molar-refractivity contribution is -0.117. The molecule has 1 aliphatic rings. The summed E-state index contributed by atoms with van der Waals surface area (Å²) >= 11 is 6.19. The number of carbonyl (C=O) groups excluding carboxylic acids is 2. The number of ether oxygens (including phenoxy) is 1. The van der Waals surface area contributed by atoms with Crippen LogP contribution in [0, 0.1) is 0 Å². The topological polar surface area (TPSA) is 112 Å². The monoisotopic (exact) mass is 566 g/mol. The summed E-state index contributed by atoms with van der Waals surface area (Å²) in [5.41, 5.74) is 2.80. The van der Waals surface area contributed by atoms with E-state index >= 15 is 0 Å². The number of Topliss-reactive ketones (excluding diaryl/α,β-unsaturated/α-hetero) is 1. The number of aromatic hydroxyl groups is 1. The lowest BCUT2D eigenvalue weighted by atomic mass is 9.94. The SMILES string of the molecule is COc1cc(Cl)cc2cc(C(=O)C3=C(O)C(=O)N(c4ccc(Nc5ccccc5)cc4)C3c3ccc(O)cc3)oc12. The van der Waals surface area contributed by atoms with Crippen LogP contribution in [0.5, 0.6) is 11.5 Å². The molecule has 8 nitrogen and oxygen atoms in total. The van der Waals surface area contributed by atoms with Crippen molar-refractivity contribution >= 4 is 51.3 Å².